The number of nitrogens with zero attached hydrogens (tertiary/aromatic N) is 8. The van der Waals surface area contributed by atoms with Gasteiger partial charge < -0.3 is 20.4 Å². The van der Waals surface area contributed by atoms with E-state index in [9.17, 15) is 14.4 Å². The van der Waals surface area contributed by atoms with Gasteiger partial charge in [0, 0.05) is 44.7 Å². The van der Waals surface area contributed by atoms with Gasteiger partial charge in [-0.05, 0) is 64.9 Å². The van der Waals surface area contributed by atoms with Crippen molar-refractivity contribution < 1.29 is 14.4 Å². The van der Waals surface area contributed by atoms with E-state index in [1.807, 2.05) is 62.1 Å². The van der Waals surface area contributed by atoms with Crippen molar-refractivity contribution in [3.05, 3.63) is 83.4 Å². The van der Waals surface area contributed by atoms with E-state index in [2.05, 4.69) is 38.0 Å². The van der Waals surface area contributed by atoms with E-state index in [1.54, 1.807) is 29.7 Å². The van der Waals surface area contributed by atoms with Crippen molar-refractivity contribution in [2.24, 2.45) is 0 Å². The fourth-order valence-corrected chi connectivity index (χ4v) is 5.58. The number of aryl methyl sites for hydroxylation is 2. The number of rotatable bonds is 4. The SMILES string of the molecule is Cc1ccc(-n2nccn2)c(C(=O)N2CCNC(=O)CC2C)c1.Cc1ccc(-n2nccn2)c(C(=O)N2CCNCCC2C)c1. The van der Waals surface area contributed by atoms with E-state index in [1.165, 1.54) is 9.59 Å². The average molecular weight is 613 g/mol. The molecule has 2 unspecified atom stereocenters. The van der Waals surface area contributed by atoms with Crippen molar-refractivity contribution in [2.75, 3.05) is 32.7 Å². The van der Waals surface area contributed by atoms with Crippen LogP contribution in [0.15, 0.2) is 61.2 Å². The van der Waals surface area contributed by atoms with Crippen LogP contribution in [-0.2, 0) is 4.79 Å². The van der Waals surface area contributed by atoms with Crippen molar-refractivity contribution >= 4 is 17.7 Å². The third kappa shape index (κ3) is 7.43. The number of benzene rings is 2. The topological polar surface area (TPSA) is 143 Å². The fourth-order valence-electron chi connectivity index (χ4n) is 5.58. The van der Waals surface area contributed by atoms with Gasteiger partial charge in [-0.2, -0.15) is 30.0 Å². The molecule has 236 valence electrons. The summed E-state index contributed by atoms with van der Waals surface area (Å²) in [5.41, 5.74) is 4.61. The lowest BCUT2D eigenvalue weighted by molar-refractivity contribution is -0.121. The van der Waals surface area contributed by atoms with E-state index >= 15 is 0 Å². The molecule has 4 aromatic rings. The lowest BCUT2D eigenvalue weighted by Gasteiger charge is -2.27. The van der Waals surface area contributed by atoms with Crippen LogP contribution in [0, 0.1) is 13.8 Å². The number of hydrogen-bond acceptors (Lipinski definition) is 8. The van der Waals surface area contributed by atoms with E-state index in [4.69, 9.17) is 0 Å². The van der Waals surface area contributed by atoms with Gasteiger partial charge in [0.2, 0.25) is 5.91 Å². The number of amides is 3. The molecule has 2 fully saturated rings. The summed E-state index contributed by atoms with van der Waals surface area (Å²) in [6, 6.07) is 11.5. The first kappa shape index (κ1) is 31.5. The van der Waals surface area contributed by atoms with Gasteiger partial charge >= 0.3 is 0 Å². The lowest BCUT2D eigenvalue weighted by Crippen LogP contribution is -2.40. The van der Waals surface area contributed by atoms with E-state index in [-0.39, 0.29) is 29.8 Å². The number of aromatic nitrogens is 6. The monoisotopic (exact) mass is 612 g/mol. The molecule has 2 aromatic heterocycles. The summed E-state index contributed by atoms with van der Waals surface area (Å²) in [6.07, 6.45) is 7.66. The Morgan fingerprint density at radius 1 is 0.711 bits per heavy atom. The first-order valence-electron chi connectivity index (χ1n) is 15.3. The van der Waals surface area contributed by atoms with Gasteiger partial charge in [0.1, 0.15) is 0 Å². The molecule has 13 nitrogen and oxygen atoms in total. The molecule has 2 aliphatic rings. The molecular weight excluding hydrogens is 572 g/mol. The third-order valence-corrected chi connectivity index (χ3v) is 8.04. The molecule has 0 radical (unpaired) electrons. The minimum Gasteiger partial charge on any atom is -0.354 e. The van der Waals surface area contributed by atoms with Crippen LogP contribution in [0.3, 0.4) is 0 Å². The second-order valence-electron chi connectivity index (χ2n) is 11.5. The number of carbonyl (C=O) groups excluding carboxylic acids is 3. The highest BCUT2D eigenvalue weighted by atomic mass is 16.2. The largest absolute Gasteiger partial charge is 0.354 e. The molecule has 2 aromatic carbocycles. The van der Waals surface area contributed by atoms with Gasteiger partial charge in [-0.15, -0.1) is 0 Å². The van der Waals surface area contributed by atoms with Crippen molar-refractivity contribution in [3.8, 4) is 11.4 Å². The maximum absolute atomic E-state index is 13.1. The smallest absolute Gasteiger partial charge is 0.256 e. The zero-order valence-corrected chi connectivity index (χ0v) is 26.2. The third-order valence-electron chi connectivity index (χ3n) is 8.04. The Morgan fingerprint density at radius 3 is 1.73 bits per heavy atom. The maximum atomic E-state index is 13.1. The molecule has 4 heterocycles. The molecule has 0 saturated carbocycles. The Labute approximate surface area is 262 Å². The quantitative estimate of drug-likeness (QED) is 0.358. The minimum atomic E-state index is -0.149. The first-order valence-corrected chi connectivity index (χ1v) is 15.3. The Morgan fingerprint density at radius 2 is 1.20 bits per heavy atom. The Bertz CT molecular complexity index is 1620. The van der Waals surface area contributed by atoms with Crippen LogP contribution in [0.25, 0.3) is 11.4 Å². The Kier molecular flexibility index (Phi) is 9.98. The number of carbonyl (C=O) groups is 3. The molecule has 13 heteroatoms. The van der Waals surface area contributed by atoms with Gasteiger partial charge in [-0.1, -0.05) is 23.3 Å². The van der Waals surface area contributed by atoms with Crippen molar-refractivity contribution in [3.63, 3.8) is 0 Å². The normalized spacial score (nSPS) is 18.7. The molecule has 45 heavy (non-hydrogen) atoms. The Hall–Kier alpha value is -4.91. The van der Waals surface area contributed by atoms with Gasteiger partial charge in [0.25, 0.3) is 11.8 Å². The van der Waals surface area contributed by atoms with Gasteiger partial charge in [-0.3, -0.25) is 14.4 Å². The summed E-state index contributed by atoms with van der Waals surface area (Å²) in [6.45, 7) is 11.4. The standard InChI is InChI=1S/C16H19N5O2.C16H21N5O/c1-11-3-4-14(21-18-5-6-19-21)13(9-11)16(23)20-8-7-17-15(22)10-12(20)2;1-12-3-4-15(21-18-7-8-19-21)14(11-12)16(22)20-10-9-17-6-5-13(20)2/h3-6,9,12H,7-8,10H2,1-2H3,(H,17,22);3-4,7-8,11,13,17H,5-6,9-10H2,1-2H3. The minimum absolute atomic E-state index is 0.0222. The summed E-state index contributed by atoms with van der Waals surface area (Å²) in [5.74, 6) is -0.0804. The summed E-state index contributed by atoms with van der Waals surface area (Å²) in [7, 11) is 0. The fraction of sp³-hybridized carbons (Fsp3) is 0.406. The summed E-state index contributed by atoms with van der Waals surface area (Å²) in [5, 5.41) is 22.7. The second-order valence-corrected chi connectivity index (χ2v) is 11.5. The molecule has 0 bridgehead atoms. The van der Waals surface area contributed by atoms with Crippen LogP contribution in [-0.4, -0.2) is 102 Å². The zero-order chi connectivity index (χ0) is 31.9. The van der Waals surface area contributed by atoms with Gasteiger partial charge in [0.15, 0.2) is 0 Å². The predicted molar refractivity (Wildman–Crippen MR) is 168 cm³/mol. The average Bonchev–Trinajstić information content (AvgIpc) is 3.69. The predicted octanol–water partition coefficient (Wildman–Crippen LogP) is 2.33. The highest BCUT2D eigenvalue weighted by Gasteiger charge is 2.28. The highest BCUT2D eigenvalue weighted by molar-refractivity contribution is 5.99. The van der Waals surface area contributed by atoms with E-state index in [0.29, 0.717) is 36.3 Å². The number of nitrogens with one attached hydrogen (secondary N) is 2. The molecular formula is C32H40N10O3. The van der Waals surface area contributed by atoms with Crippen LogP contribution < -0.4 is 10.6 Å². The maximum Gasteiger partial charge on any atom is 0.256 e. The molecule has 0 spiro atoms. The second kappa shape index (κ2) is 14.2. The molecule has 2 atom stereocenters. The van der Waals surface area contributed by atoms with Gasteiger partial charge in [-0.25, -0.2) is 0 Å². The molecule has 2 N–H and O–H groups in total. The van der Waals surface area contributed by atoms with Crippen molar-refractivity contribution in [1.82, 2.24) is 50.4 Å². The molecule has 2 saturated heterocycles. The number of hydrogen-bond donors (Lipinski definition) is 2. The zero-order valence-electron chi connectivity index (χ0n) is 26.2. The van der Waals surface area contributed by atoms with Crippen LogP contribution in [0.5, 0.6) is 0 Å². The molecule has 0 aliphatic carbocycles. The summed E-state index contributed by atoms with van der Waals surface area (Å²) in [4.78, 5) is 44.4. The highest BCUT2D eigenvalue weighted by Crippen LogP contribution is 2.21. The Balaban J connectivity index is 0.000000178. The van der Waals surface area contributed by atoms with E-state index < -0.39 is 0 Å². The van der Waals surface area contributed by atoms with Crippen LogP contribution in [0.1, 0.15) is 58.5 Å². The van der Waals surface area contributed by atoms with Crippen molar-refractivity contribution in [1.29, 1.82) is 0 Å². The molecule has 3 amide bonds. The van der Waals surface area contributed by atoms with Crippen LogP contribution in [0.4, 0.5) is 0 Å². The first-order chi connectivity index (χ1) is 21.7. The molecule has 6 rings (SSSR count). The van der Waals surface area contributed by atoms with Crippen molar-refractivity contribution in [2.45, 2.75) is 52.6 Å². The van der Waals surface area contributed by atoms with Crippen LogP contribution in [0.2, 0.25) is 0 Å². The summed E-state index contributed by atoms with van der Waals surface area (Å²) >= 11 is 0. The van der Waals surface area contributed by atoms with Gasteiger partial charge in [0.05, 0.1) is 47.3 Å². The lowest BCUT2D eigenvalue weighted by atomic mass is 10.1. The summed E-state index contributed by atoms with van der Waals surface area (Å²) < 4.78 is 0. The van der Waals surface area contributed by atoms with Crippen LogP contribution >= 0.6 is 0 Å². The van der Waals surface area contributed by atoms with E-state index in [0.717, 1.165) is 42.9 Å². The molecule has 2 aliphatic heterocycles.